The number of hydrogen-bond donors (Lipinski definition) is 1. The van der Waals surface area contributed by atoms with Crippen LogP contribution >= 0.6 is 11.6 Å². The van der Waals surface area contributed by atoms with Crippen molar-refractivity contribution in [2.45, 2.75) is 40.0 Å². The van der Waals surface area contributed by atoms with Crippen LogP contribution in [0.25, 0.3) is 0 Å². The van der Waals surface area contributed by atoms with Gasteiger partial charge in [0.25, 0.3) is 0 Å². The highest BCUT2D eigenvalue weighted by molar-refractivity contribution is 6.31. The van der Waals surface area contributed by atoms with Crippen molar-refractivity contribution in [2.24, 2.45) is 5.92 Å². The molecule has 0 amide bonds. The number of hydrogen-bond acceptors (Lipinski definition) is 1. The van der Waals surface area contributed by atoms with Crippen LogP contribution < -0.4 is 5.32 Å². The van der Waals surface area contributed by atoms with Crippen molar-refractivity contribution in [3.8, 4) is 0 Å². The SMILES string of the molecule is CCC(C)/C(=C\C=C\C1=CNCC1)Cc1cc(C)ccc1Cl. The topological polar surface area (TPSA) is 12.0 Å². The summed E-state index contributed by atoms with van der Waals surface area (Å²) in [4.78, 5) is 0. The molecule has 1 aromatic rings. The molecule has 0 aromatic heterocycles. The summed E-state index contributed by atoms with van der Waals surface area (Å²) in [5.41, 5.74) is 5.30. The molecular formula is C20H26ClN. The number of aryl methyl sites for hydroxylation is 1. The van der Waals surface area contributed by atoms with E-state index in [2.05, 4.69) is 62.6 Å². The highest BCUT2D eigenvalue weighted by Gasteiger charge is 2.10. The fraction of sp³-hybridized carbons (Fsp3) is 0.400. The zero-order chi connectivity index (χ0) is 15.9. The second-order valence-corrected chi connectivity index (χ2v) is 6.51. The maximum absolute atomic E-state index is 6.36. The predicted octanol–water partition coefficient (Wildman–Crippen LogP) is 5.60. The molecule has 0 saturated carbocycles. The number of rotatable bonds is 6. The Morgan fingerprint density at radius 3 is 2.91 bits per heavy atom. The van der Waals surface area contributed by atoms with Crippen molar-refractivity contribution in [1.82, 2.24) is 5.32 Å². The fourth-order valence-electron chi connectivity index (χ4n) is 2.64. The van der Waals surface area contributed by atoms with E-state index in [0.717, 1.165) is 30.8 Å². The van der Waals surface area contributed by atoms with E-state index in [1.54, 1.807) is 0 Å². The Morgan fingerprint density at radius 1 is 1.41 bits per heavy atom. The van der Waals surface area contributed by atoms with Gasteiger partial charge in [-0.2, -0.15) is 0 Å². The molecule has 1 N–H and O–H groups in total. The number of benzene rings is 1. The third kappa shape index (κ3) is 4.78. The molecule has 22 heavy (non-hydrogen) atoms. The van der Waals surface area contributed by atoms with Gasteiger partial charge in [0.1, 0.15) is 0 Å². The van der Waals surface area contributed by atoms with Crippen LogP contribution in [0.1, 0.15) is 37.8 Å². The molecule has 1 aromatic carbocycles. The maximum atomic E-state index is 6.36. The van der Waals surface area contributed by atoms with E-state index in [0.29, 0.717) is 5.92 Å². The first kappa shape index (κ1) is 16.9. The van der Waals surface area contributed by atoms with Crippen LogP contribution in [-0.2, 0) is 6.42 Å². The quantitative estimate of drug-likeness (QED) is 0.674. The first-order chi connectivity index (χ1) is 10.6. The molecule has 1 aliphatic rings. The Labute approximate surface area is 139 Å². The molecule has 0 saturated heterocycles. The van der Waals surface area contributed by atoms with E-state index >= 15 is 0 Å². The van der Waals surface area contributed by atoms with Gasteiger partial charge in [-0.05, 0) is 55.5 Å². The van der Waals surface area contributed by atoms with Crippen molar-refractivity contribution < 1.29 is 0 Å². The van der Waals surface area contributed by atoms with Gasteiger partial charge in [-0.15, -0.1) is 0 Å². The Morgan fingerprint density at radius 2 is 2.23 bits per heavy atom. The lowest BCUT2D eigenvalue weighted by Crippen LogP contribution is -2.02. The lowest BCUT2D eigenvalue weighted by Gasteiger charge is -2.15. The smallest absolute Gasteiger partial charge is 0.0441 e. The standard InChI is InChI=1S/C20H26ClN/c1-4-16(3)18(7-5-6-17-10-11-22-14-17)13-19-12-15(2)8-9-20(19)21/h5-9,12,14,16,22H,4,10-11,13H2,1-3H3/b6-5+,18-7-. The van der Waals surface area contributed by atoms with E-state index < -0.39 is 0 Å². The Hall–Kier alpha value is -1.47. The van der Waals surface area contributed by atoms with Gasteiger partial charge in [-0.1, -0.05) is 66.9 Å². The molecule has 2 rings (SSSR count). The van der Waals surface area contributed by atoms with Crippen LogP contribution in [0.5, 0.6) is 0 Å². The van der Waals surface area contributed by atoms with Crippen LogP contribution in [0.4, 0.5) is 0 Å². The second-order valence-electron chi connectivity index (χ2n) is 6.11. The van der Waals surface area contributed by atoms with Gasteiger partial charge in [0.05, 0.1) is 0 Å². The monoisotopic (exact) mass is 315 g/mol. The zero-order valence-corrected chi connectivity index (χ0v) is 14.6. The van der Waals surface area contributed by atoms with Crippen LogP contribution in [-0.4, -0.2) is 6.54 Å². The highest BCUT2D eigenvalue weighted by atomic mass is 35.5. The summed E-state index contributed by atoms with van der Waals surface area (Å²) in [5.74, 6) is 0.567. The van der Waals surface area contributed by atoms with E-state index in [-0.39, 0.29) is 0 Å². The molecule has 0 spiro atoms. The average Bonchev–Trinajstić information content (AvgIpc) is 3.02. The van der Waals surface area contributed by atoms with E-state index in [1.165, 1.54) is 22.3 Å². The second kappa shape index (κ2) is 8.24. The summed E-state index contributed by atoms with van der Waals surface area (Å²) < 4.78 is 0. The van der Waals surface area contributed by atoms with Gasteiger partial charge in [0.2, 0.25) is 0 Å². The van der Waals surface area contributed by atoms with E-state index in [9.17, 15) is 0 Å². The van der Waals surface area contributed by atoms with Crippen molar-refractivity contribution in [1.29, 1.82) is 0 Å². The van der Waals surface area contributed by atoms with Gasteiger partial charge in [0.15, 0.2) is 0 Å². The summed E-state index contributed by atoms with van der Waals surface area (Å²) in [6, 6.07) is 6.27. The molecule has 1 nitrogen and oxygen atoms in total. The lowest BCUT2D eigenvalue weighted by molar-refractivity contribution is 0.638. The van der Waals surface area contributed by atoms with Crippen molar-refractivity contribution in [2.75, 3.05) is 6.54 Å². The molecule has 1 atom stereocenters. The van der Waals surface area contributed by atoms with Crippen LogP contribution in [0.15, 0.2) is 53.8 Å². The molecule has 0 aliphatic carbocycles. The first-order valence-electron chi connectivity index (χ1n) is 8.14. The van der Waals surface area contributed by atoms with Crippen molar-refractivity contribution >= 4 is 11.6 Å². The van der Waals surface area contributed by atoms with Crippen LogP contribution in [0.3, 0.4) is 0 Å². The zero-order valence-electron chi connectivity index (χ0n) is 13.8. The molecule has 2 heteroatoms. The number of allylic oxidation sites excluding steroid dienone is 4. The molecule has 1 heterocycles. The van der Waals surface area contributed by atoms with Crippen molar-refractivity contribution in [3.05, 3.63) is 69.9 Å². The predicted molar refractivity (Wildman–Crippen MR) is 97.3 cm³/mol. The minimum Gasteiger partial charge on any atom is -0.390 e. The molecule has 1 aliphatic heterocycles. The number of halogens is 1. The van der Waals surface area contributed by atoms with Gasteiger partial charge < -0.3 is 5.32 Å². The normalized spacial score (nSPS) is 16.7. The van der Waals surface area contributed by atoms with E-state index in [1.807, 2.05) is 6.07 Å². The van der Waals surface area contributed by atoms with Gasteiger partial charge in [0, 0.05) is 11.6 Å². The molecular weight excluding hydrogens is 290 g/mol. The third-order valence-electron chi connectivity index (χ3n) is 4.31. The van der Waals surface area contributed by atoms with Gasteiger partial charge in [-0.25, -0.2) is 0 Å². The van der Waals surface area contributed by atoms with E-state index in [4.69, 9.17) is 11.6 Å². The largest absolute Gasteiger partial charge is 0.390 e. The molecule has 0 bridgehead atoms. The van der Waals surface area contributed by atoms with Crippen molar-refractivity contribution in [3.63, 3.8) is 0 Å². The number of nitrogens with one attached hydrogen (secondary N) is 1. The Bertz CT molecular complexity index is 596. The molecule has 0 fully saturated rings. The fourth-order valence-corrected chi connectivity index (χ4v) is 2.82. The summed E-state index contributed by atoms with van der Waals surface area (Å²) in [5, 5.41) is 4.11. The molecule has 118 valence electrons. The van der Waals surface area contributed by atoms with Gasteiger partial charge in [-0.3, -0.25) is 0 Å². The minimum absolute atomic E-state index is 0.567. The maximum Gasteiger partial charge on any atom is 0.0441 e. The molecule has 1 unspecified atom stereocenters. The highest BCUT2D eigenvalue weighted by Crippen LogP contribution is 2.25. The lowest BCUT2D eigenvalue weighted by atomic mass is 9.91. The Kier molecular flexibility index (Phi) is 6.33. The Balaban J connectivity index is 2.16. The minimum atomic E-state index is 0.567. The average molecular weight is 316 g/mol. The summed E-state index contributed by atoms with van der Waals surface area (Å²) in [6.45, 7) is 7.70. The van der Waals surface area contributed by atoms with Gasteiger partial charge >= 0.3 is 0 Å². The summed E-state index contributed by atoms with van der Waals surface area (Å²) in [7, 11) is 0. The van der Waals surface area contributed by atoms with Crippen LogP contribution in [0, 0.1) is 12.8 Å². The summed E-state index contributed by atoms with van der Waals surface area (Å²) >= 11 is 6.36. The molecule has 0 radical (unpaired) electrons. The summed E-state index contributed by atoms with van der Waals surface area (Å²) in [6.07, 6.45) is 12.0. The first-order valence-corrected chi connectivity index (χ1v) is 8.52. The van der Waals surface area contributed by atoms with Crippen LogP contribution in [0.2, 0.25) is 5.02 Å². The third-order valence-corrected chi connectivity index (χ3v) is 4.68.